The van der Waals surface area contributed by atoms with Gasteiger partial charge in [-0.15, -0.1) is 0 Å². The number of benzene rings is 2. The number of hydrogen-bond donors (Lipinski definition) is 1. The van der Waals surface area contributed by atoms with Crippen molar-refractivity contribution in [2.24, 2.45) is 0 Å². The number of rotatable bonds is 2. The minimum absolute atomic E-state index is 0.600. The molecule has 3 aromatic rings. The Labute approximate surface area is 165 Å². The summed E-state index contributed by atoms with van der Waals surface area (Å²) in [7, 11) is 0. The van der Waals surface area contributed by atoms with Crippen LogP contribution in [0.3, 0.4) is 0 Å². The Kier molecular flexibility index (Phi) is 4.76. The summed E-state index contributed by atoms with van der Waals surface area (Å²) in [6.07, 6.45) is 3.27. The van der Waals surface area contributed by atoms with Crippen LogP contribution in [-0.4, -0.2) is 16.3 Å². The van der Waals surface area contributed by atoms with E-state index in [0.717, 1.165) is 53.0 Å². The molecule has 2 heterocycles. The first-order chi connectivity index (χ1) is 12.1. The first-order valence-corrected chi connectivity index (χ1v) is 9.75. The van der Waals surface area contributed by atoms with Crippen LogP contribution in [0.5, 0.6) is 0 Å². The first kappa shape index (κ1) is 17.0. The molecule has 128 valence electrons. The fourth-order valence-corrected chi connectivity index (χ4v) is 4.21. The summed E-state index contributed by atoms with van der Waals surface area (Å²) in [5.41, 5.74) is 4.18. The smallest absolute Gasteiger partial charge is 0.133 e. The van der Waals surface area contributed by atoms with Gasteiger partial charge in [-0.2, -0.15) is 5.10 Å². The summed E-state index contributed by atoms with van der Waals surface area (Å²) >= 11 is 16.1. The Morgan fingerprint density at radius 3 is 2.56 bits per heavy atom. The van der Waals surface area contributed by atoms with Crippen molar-refractivity contribution in [2.75, 3.05) is 11.9 Å². The van der Waals surface area contributed by atoms with Gasteiger partial charge in [0.05, 0.1) is 11.4 Å². The highest BCUT2D eigenvalue weighted by Gasteiger charge is 2.23. The highest BCUT2D eigenvalue weighted by Crippen LogP contribution is 2.37. The van der Waals surface area contributed by atoms with Crippen molar-refractivity contribution in [3.05, 3.63) is 62.5 Å². The molecule has 3 nitrogen and oxygen atoms in total. The number of nitrogens with one attached hydrogen (secondary N) is 1. The van der Waals surface area contributed by atoms with Crippen LogP contribution in [0.1, 0.15) is 18.4 Å². The Hall–Kier alpha value is -1.49. The molecule has 0 amide bonds. The second kappa shape index (κ2) is 7.02. The maximum atomic E-state index is 6.21. The lowest BCUT2D eigenvalue weighted by atomic mass is 10.0. The Bertz CT molecular complexity index is 916. The minimum atomic E-state index is 0.600. The summed E-state index contributed by atoms with van der Waals surface area (Å²) in [4.78, 5) is 0. The molecular formula is C19H16BrCl2N3. The van der Waals surface area contributed by atoms with Gasteiger partial charge < -0.3 is 5.32 Å². The molecule has 4 rings (SSSR count). The molecule has 6 heteroatoms. The Morgan fingerprint density at radius 1 is 1.04 bits per heavy atom. The van der Waals surface area contributed by atoms with E-state index in [1.807, 2.05) is 35.0 Å². The molecule has 0 aliphatic carbocycles. The zero-order valence-electron chi connectivity index (χ0n) is 13.4. The number of hydrogen-bond acceptors (Lipinski definition) is 2. The maximum absolute atomic E-state index is 6.21. The number of halogens is 3. The largest absolute Gasteiger partial charge is 0.370 e. The Balaban J connectivity index is 1.95. The van der Waals surface area contributed by atoms with Crippen molar-refractivity contribution in [3.8, 4) is 16.9 Å². The number of anilines is 1. The second-order valence-corrected chi connectivity index (χ2v) is 7.81. The molecule has 1 aromatic heterocycles. The average Bonchev–Trinajstić information content (AvgIpc) is 2.76. The van der Waals surface area contributed by atoms with Crippen LogP contribution in [0.25, 0.3) is 16.9 Å². The van der Waals surface area contributed by atoms with Gasteiger partial charge in [0.25, 0.3) is 0 Å². The SMILES string of the molecule is Clc1cc(Cl)cc(-n2nc(-c3ccccc3Br)c3c2NCCCC3)c1. The van der Waals surface area contributed by atoms with Gasteiger partial charge in [0, 0.05) is 32.2 Å². The van der Waals surface area contributed by atoms with E-state index in [2.05, 4.69) is 27.3 Å². The van der Waals surface area contributed by atoms with Crippen LogP contribution in [0.15, 0.2) is 46.9 Å². The maximum Gasteiger partial charge on any atom is 0.133 e. The third kappa shape index (κ3) is 3.31. The van der Waals surface area contributed by atoms with Gasteiger partial charge in [0.2, 0.25) is 0 Å². The molecule has 2 aromatic carbocycles. The van der Waals surface area contributed by atoms with Gasteiger partial charge in [-0.05, 0) is 43.5 Å². The van der Waals surface area contributed by atoms with Gasteiger partial charge in [-0.3, -0.25) is 0 Å². The van der Waals surface area contributed by atoms with Gasteiger partial charge >= 0.3 is 0 Å². The van der Waals surface area contributed by atoms with Crippen LogP contribution in [0.4, 0.5) is 5.82 Å². The normalized spacial score (nSPS) is 13.9. The van der Waals surface area contributed by atoms with Crippen LogP contribution >= 0.6 is 39.1 Å². The predicted molar refractivity (Wildman–Crippen MR) is 108 cm³/mol. The lowest BCUT2D eigenvalue weighted by molar-refractivity contribution is 0.780. The molecule has 0 unspecified atom stereocenters. The van der Waals surface area contributed by atoms with Gasteiger partial charge in [-0.1, -0.05) is 57.3 Å². The summed E-state index contributed by atoms with van der Waals surface area (Å²) in [6, 6.07) is 13.7. The number of nitrogens with zero attached hydrogens (tertiary/aromatic N) is 2. The van der Waals surface area contributed by atoms with Crippen molar-refractivity contribution in [1.82, 2.24) is 9.78 Å². The molecule has 0 radical (unpaired) electrons. The van der Waals surface area contributed by atoms with E-state index in [-0.39, 0.29) is 0 Å². The fourth-order valence-electron chi connectivity index (χ4n) is 3.22. The first-order valence-electron chi connectivity index (χ1n) is 8.20. The van der Waals surface area contributed by atoms with Crippen molar-refractivity contribution in [1.29, 1.82) is 0 Å². The molecule has 25 heavy (non-hydrogen) atoms. The highest BCUT2D eigenvalue weighted by molar-refractivity contribution is 9.10. The molecule has 1 aliphatic heterocycles. The lowest BCUT2D eigenvalue weighted by Crippen LogP contribution is -2.07. The van der Waals surface area contributed by atoms with Crippen LogP contribution < -0.4 is 5.32 Å². The molecule has 1 N–H and O–H groups in total. The summed E-state index contributed by atoms with van der Waals surface area (Å²) in [5, 5.41) is 9.66. The zero-order valence-corrected chi connectivity index (χ0v) is 16.5. The standard InChI is InChI=1S/C19H16BrCl2N3/c20-17-7-2-1-5-15(17)18-16-6-3-4-8-23-19(16)25(24-18)14-10-12(21)9-13(22)11-14/h1-2,5,7,9-11,23H,3-4,6,8H2. The van der Waals surface area contributed by atoms with Gasteiger partial charge in [0.1, 0.15) is 5.82 Å². The summed E-state index contributed by atoms with van der Waals surface area (Å²) in [5.74, 6) is 1.03. The molecule has 0 fully saturated rings. The van der Waals surface area contributed by atoms with Crippen LogP contribution in [0.2, 0.25) is 10.0 Å². The fraction of sp³-hybridized carbons (Fsp3) is 0.211. The zero-order chi connectivity index (χ0) is 17.4. The number of fused-ring (bicyclic) bond motifs is 1. The van der Waals surface area contributed by atoms with Crippen LogP contribution in [0, 0.1) is 0 Å². The predicted octanol–water partition coefficient (Wildman–Crippen LogP) is 6.36. The third-order valence-electron chi connectivity index (χ3n) is 4.35. The summed E-state index contributed by atoms with van der Waals surface area (Å²) in [6.45, 7) is 0.933. The Morgan fingerprint density at radius 2 is 1.80 bits per heavy atom. The molecule has 0 saturated carbocycles. The van der Waals surface area contributed by atoms with Crippen molar-refractivity contribution in [3.63, 3.8) is 0 Å². The quantitative estimate of drug-likeness (QED) is 0.506. The van der Waals surface area contributed by atoms with E-state index in [0.29, 0.717) is 10.0 Å². The number of aromatic nitrogens is 2. The summed E-state index contributed by atoms with van der Waals surface area (Å²) < 4.78 is 2.96. The monoisotopic (exact) mass is 435 g/mol. The average molecular weight is 437 g/mol. The van der Waals surface area contributed by atoms with Gasteiger partial charge in [-0.25, -0.2) is 4.68 Å². The topological polar surface area (TPSA) is 29.9 Å². The minimum Gasteiger partial charge on any atom is -0.370 e. The molecule has 1 aliphatic rings. The van der Waals surface area contributed by atoms with Crippen molar-refractivity contribution < 1.29 is 0 Å². The molecule has 0 spiro atoms. The lowest BCUT2D eigenvalue weighted by Gasteiger charge is -2.10. The molecular weight excluding hydrogens is 421 g/mol. The van der Waals surface area contributed by atoms with E-state index in [4.69, 9.17) is 28.3 Å². The van der Waals surface area contributed by atoms with E-state index < -0.39 is 0 Å². The molecule has 0 bridgehead atoms. The molecule has 0 saturated heterocycles. The van der Waals surface area contributed by atoms with Crippen molar-refractivity contribution in [2.45, 2.75) is 19.3 Å². The van der Waals surface area contributed by atoms with Crippen LogP contribution in [-0.2, 0) is 6.42 Å². The van der Waals surface area contributed by atoms with E-state index in [1.54, 1.807) is 6.07 Å². The van der Waals surface area contributed by atoms with E-state index >= 15 is 0 Å². The highest BCUT2D eigenvalue weighted by atomic mass is 79.9. The van der Waals surface area contributed by atoms with E-state index in [9.17, 15) is 0 Å². The van der Waals surface area contributed by atoms with Gasteiger partial charge in [0.15, 0.2) is 0 Å². The second-order valence-electron chi connectivity index (χ2n) is 6.08. The molecule has 0 atom stereocenters. The van der Waals surface area contributed by atoms with Crippen molar-refractivity contribution >= 4 is 44.9 Å². The van der Waals surface area contributed by atoms with E-state index in [1.165, 1.54) is 5.56 Å². The third-order valence-corrected chi connectivity index (χ3v) is 5.48.